The molecule has 0 spiro atoms. The van der Waals surface area contributed by atoms with E-state index in [1.165, 1.54) is 6.92 Å². The Morgan fingerprint density at radius 1 is 1.50 bits per heavy atom. The van der Waals surface area contributed by atoms with Crippen LogP contribution >= 0.6 is 0 Å². The molecule has 0 heterocycles. The zero-order valence-electron chi connectivity index (χ0n) is 9.78. The molecule has 0 aliphatic carbocycles. The van der Waals surface area contributed by atoms with Gasteiger partial charge in [-0.05, 0) is 31.0 Å². The average molecular weight is 217 g/mol. The predicted molar refractivity (Wildman–Crippen MR) is 61.5 cm³/mol. The number of nitrogens with zero attached hydrogens (tertiary/aromatic N) is 1. The van der Waals surface area contributed by atoms with E-state index in [9.17, 15) is 4.79 Å². The lowest BCUT2D eigenvalue weighted by atomic mass is 10.1. The largest absolute Gasteiger partial charge is 0.493 e. The summed E-state index contributed by atoms with van der Waals surface area (Å²) in [7, 11) is 0. The van der Waals surface area contributed by atoms with Crippen molar-refractivity contribution < 1.29 is 9.53 Å². The van der Waals surface area contributed by atoms with Gasteiger partial charge >= 0.3 is 0 Å². The molecule has 0 amide bonds. The summed E-state index contributed by atoms with van der Waals surface area (Å²) >= 11 is 0. The van der Waals surface area contributed by atoms with Crippen molar-refractivity contribution in [2.45, 2.75) is 20.8 Å². The molecule has 3 nitrogen and oxygen atoms in total. The second-order valence-corrected chi connectivity index (χ2v) is 4.08. The van der Waals surface area contributed by atoms with Crippen molar-refractivity contribution in [1.29, 1.82) is 5.26 Å². The molecule has 84 valence electrons. The van der Waals surface area contributed by atoms with Gasteiger partial charge in [-0.2, -0.15) is 5.26 Å². The molecule has 16 heavy (non-hydrogen) atoms. The van der Waals surface area contributed by atoms with Crippen LogP contribution in [0.1, 0.15) is 36.7 Å². The molecule has 0 bridgehead atoms. The Kier molecular flexibility index (Phi) is 4.07. The fourth-order valence-electron chi connectivity index (χ4n) is 1.26. The third-order valence-corrected chi connectivity index (χ3v) is 2.06. The van der Waals surface area contributed by atoms with Gasteiger partial charge < -0.3 is 4.74 Å². The number of benzene rings is 1. The Morgan fingerprint density at radius 3 is 2.69 bits per heavy atom. The third-order valence-electron chi connectivity index (χ3n) is 2.06. The van der Waals surface area contributed by atoms with Crippen molar-refractivity contribution in [3.63, 3.8) is 0 Å². The molecule has 1 aromatic rings. The van der Waals surface area contributed by atoms with Crippen molar-refractivity contribution in [3.8, 4) is 11.8 Å². The quantitative estimate of drug-likeness (QED) is 0.728. The SMILES string of the molecule is CC(=O)c1ccc(C#N)cc1OCC(C)C. The number of carbonyl (C=O) groups is 1. The molecule has 0 aromatic heterocycles. The van der Waals surface area contributed by atoms with E-state index >= 15 is 0 Å². The summed E-state index contributed by atoms with van der Waals surface area (Å²) < 4.78 is 5.53. The summed E-state index contributed by atoms with van der Waals surface area (Å²) in [5, 5.41) is 8.78. The first-order valence-corrected chi connectivity index (χ1v) is 5.22. The number of ether oxygens (including phenoxy) is 1. The Morgan fingerprint density at radius 2 is 2.19 bits per heavy atom. The lowest BCUT2D eigenvalue weighted by molar-refractivity contribution is 0.101. The molecule has 0 atom stereocenters. The number of Topliss-reactive ketones (excluding diaryl/α,β-unsaturated/α-hetero) is 1. The van der Waals surface area contributed by atoms with E-state index in [0.29, 0.717) is 29.4 Å². The van der Waals surface area contributed by atoms with Crippen molar-refractivity contribution in [3.05, 3.63) is 29.3 Å². The average Bonchev–Trinajstić information content (AvgIpc) is 2.25. The van der Waals surface area contributed by atoms with Gasteiger partial charge in [0, 0.05) is 0 Å². The first kappa shape index (κ1) is 12.3. The van der Waals surface area contributed by atoms with Crippen molar-refractivity contribution in [2.75, 3.05) is 6.61 Å². The highest BCUT2D eigenvalue weighted by Gasteiger charge is 2.10. The van der Waals surface area contributed by atoms with Gasteiger partial charge in [0.25, 0.3) is 0 Å². The highest BCUT2D eigenvalue weighted by molar-refractivity contribution is 5.97. The van der Waals surface area contributed by atoms with Crippen molar-refractivity contribution in [1.82, 2.24) is 0 Å². The molecule has 0 fully saturated rings. The van der Waals surface area contributed by atoms with Gasteiger partial charge in [0.15, 0.2) is 5.78 Å². The van der Waals surface area contributed by atoms with Gasteiger partial charge in [-0.25, -0.2) is 0 Å². The standard InChI is InChI=1S/C13H15NO2/c1-9(2)8-16-13-6-11(7-14)4-5-12(13)10(3)15/h4-6,9H,8H2,1-3H3. The Labute approximate surface area is 95.7 Å². The molecular weight excluding hydrogens is 202 g/mol. The number of hydrogen-bond donors (Lipinski definition) is 0. The molecule has 1 rings (SSSR count). The number of rotatable bonds is 4. The van der Waals surface area contributed by atoms with Gasteiger partial charge in [0.05, 0.1) is 23.8 Å². The molecule has 1 aromatic carbocycles. The minimum atomic E-state index is -0.0526. The maximum Gasteiger partial charge on any atom is 0.163 e. The molecule has 0 N–H and O–H groups in total. The second-order valence-electron chi connectivity index (χ2n) is 4.08. The first-order chi connectivity index (χ1) is 7.54. The van der Waals surface area contributed by atoms with E-state index in [0.717, 1.165) is 0 Å². The normalized spacial score (nSPS) is 9.94. The smallest absolute Gasteiger partial charge is 0.163 e. The lowest BCUT2D eigenvalue weighted by Crippen LogP contribution is -2.07. The molecule has 3 heteroatoms. The molecule has 0 saturated carbocycles. The van der Waals surface area contributed by atoms with Gasteiger partial charge in [0.1, 0.15) is 5.75 Å². The molecular formula is C13H15NO2. The molecule has 0 saturated heterocycles. The van der Waals surface area contributed by atoms with Crippen molar-refractivity contribution >= 4 is 5.78 Å². The number of nitriles is 1. The number of carbonyl (C=O) groups excluding carboxylic acids is 1. The second kappa shape index (κ2) is 5.32. The van der Waals surface area contributed by atoms with Crippen LogP contribution in [0.25, 0.3) is 0 Å². The van der Waals surface area contributed by atoms with Crippen LogP contribution in [0, 0.1) is 17.2 Å². The topological polar surface area (TPSA) is 50.1 Å². The molecule has 0 unspecified atom stereocenters. The van der Waals surface area contributed by atoms with Crippen LogP contribution in [0.3, 0.4) is 0 Å². The zero-order valence-corrected chi connectivity index (χ0v) is 9.78. The molecule has 0 radical (unpaired) electrons. The number of hydrogen-bond acceptors (Lipinski definition) is 3. The van der Waals surface area contributed by atoms with Crippen LogP contribution in [-0.2, 0) is 0 Å². The predicted octanol–water partition coefficient (Wildman–Crippen LogP) is 2.80. The van der Waals surface area contributed by atoms with Gasteiger partial charge in [-0.1, -0.05) is 13.8 Å². The van der Waals surface area contributed by atoms with Crippen molar-refractivity contribution in [2.24, 2.45) is 5.92 Å². The minimum Gasteiger partial charge on any atom is -0.493 e. The van der Waals surface area contributed by atoms with E-state index in [1.807, 2.05) is 19.9 Å². The van der Waals surface area contributed by atoms with Crippen LogP contribution in [0.5, 0.6) is 5.75 Å². The number of ketones is 1. The highest BCUT2D eigenvalue weighted by Crippen LogP contribution is 2.21. The van der Waals surface area contributed by atoms with E-state index in [-0.39, 0.29) is 5.78 Å². The van der Waals surface area contributed by atoms with Crippen LogP contribution in [-0.4, -0.2) is 12.4 Å². The van der Waals surface area contributed by atoms with Crippen LogP contribution in [0.2, 0.25) is 0 Å². The van der Waals surface area contributed by atoms with E-state index in [4.69, 9.17) is 10.00 Å². The van der Waals surface area contributed by atoms with Gasteiger partial charge in [-0.3, -0.25) is 4.79 Å². The maximum atomic E-state index is 11.3. The van der Waals surface area contributed by atoms with Crippen LogP contribution < -0.4 is 4.74 Å². The summed E-state index contributed by atoms with van der Waals surface area (Å²) in [6.45, 7) is 6.09. The van der Waals surface area contributed by atoms with E-state index < -0.39 is 0 Å². The minimum absolute atomic E-state index is 0.0526. The summed E-state index contributed by atoms with van der Waals surface area (Å²) in [5.74, 6) is 0.828. The van der Waals surface area contributed by atoms with Crippen LogP contribution in [0.4, 0.5) is 0 Å². The fraction of sp³-hybridized carbons (Fsp3) is 0.385. The van der Waals surface area contributed by atoms with E-state index in [2.05, 4.69) is 0 Å². The Balaban J connectivity index is 3.02. The highest BCUT2D eigenvalue weighted by atomic mass is 16.5. The Bertz CT molecular complexity index is 430. The first-order valence-electron chi connectivity index (χ1n) is 5.22. The zero-order chi connectivity index (χ0) is 12.1. The fourth-order valence-corrected chi connectivity index (χ4v) is 1.26. The third kappa shape index (κ3) is 3.09. The Hall–Kier alpha value is -1.82. The van der Waals surface area contributed by atoms with Gasteiger partial charge in [0.2, 0.25) is 0 Å². The summed E-state index contributed by atoms with van der Waals surface area (Å²) in [6.07, 6.45) is 0. The maximum absolute atomic E-state index is 11.3. The monoisotopic (exact) mass is 217 g/mol. The summed E-state index contributed by atoms with van der Waals surface area (Å²) in [4.78, 5) is 11.3. The van der Waals surface area contributed by atoms with Gasteiger partial charge in [-0.15, -0.1) is 0 Å². The molecule has 0 aliphatic heterocycles. The molecule has 0 aliphatic rings. The van der Waals surface area contributed by atoms with E-state index in [1.54, 1.807) is 18.2 Å². The lowest BCUT2D eigenvalue weighted by Gasteiger charge is -2.11. The summed E-state index contributed by atoms with van der Waals surface area (Å²) in [6, 6.07) is 6.90. The van der Waals surface area contributed by atoms with Crippen LogP contribution in [0.15, 0.2) is 18.2 Å². The summed E-state index contributed by atoms with van der Waals surface area (Å²) in [5.41, 5.74) is 1.03.